The lowest BCUT2D eigenvalue weighted by molar-refractivity contribution is 0.804. The zero-order valence-electron chi connectivity index (χ0n) is 12.5. The molecule has 106 valence electrons. The maximum absolute atomic E-state index is 4.70. The zero-order chi connectivity index (χ0) is 14.5. The summed E-state index contributed by atoms with van der Waals surface area (Å²) >= 11 is 1.70. The van der Waals surface area contributed by atoms with Crippen LogP contribution in [0.4, 0.5) is 5.82 Å². The average molecular weight is 287 g/mol. The summed E-state index contributed by atoms with van der Waals surface area (Å²) in [6.45, 7) is 6.32. The van der Waals surface area contributed by atoms with Gasteiger partial charge < -0.3 is 5.32 Å². The molecule has 1 aromatic carbocycles. The molecule has 0 aliphatic carbocycles. The highest BCUT2D eigenvalue weighted by atomic mass is 32.2. The average Bonchev–Trinajstić information content (AvgIpc) is 2.45. The molecule has 1 aromatic heterocycles. The van der Waals surface area contributed by atoms with Gasteiger partial charge in [-0.1, -0.05) is 36.4 Å². The van der Waals surface area contributed by atoms with E-state index in [1.807, 2.05) is 7.05 Å². The van der Waals surface area contributed by atoms with Gasteiger partial charge in [0.05, 0.1) is 0 Å². The van der Waals surface area contributed by atoms with Crippen LogP contribution in [-0.4, -0.2) is 17.0 Å². The van der Waals surface area contributed by atoms with Crippen molar-refractivity contribution in [1.82, 2.24) is 9.97 Å². The molecule has 0 amide bonds. The predicted octanol–water partition coefficient (Wildman–Crippen LogP) is 4.24. The van der Waals surface area contributed by atoms with Gasteiger partial charge in [-0.3, -0.25) is 0 Å². The number of rotatable bonds is 5. The second-order valence-electron chi connectivity index (χ2n) is 4.83. The summed E-state index contributed by atoms with van der Waals surface area (Å²) in [5, 5.41) is 4.20. The summed E-state index contributed by atoms with van der Waals surface area (Å²) in [5.74, 6) is 1.84. The molecule has 3 nitrogen and oxygen atoms in total. The molecule has 4 heteroatoms. The zero-order valence-corrected chi connectivity index (χ0v) is 13.3. The predicted molar refractivity (Wildman–Crippen MR) is 85.6 cm³/mol. The normalized spacial score (nSPS) is 10.6. The summed E-state index contributed by atoms with van der Waals surface area (Å²) in [7, 11) is 1.91. The Balaban J connectivity index is 2.33. The minimum atomic E-state index is 0.913. The second kappa shape index (κ2) is 6.75. The van der Waals surface area contributed by atoms with Crippen molar-refractivity contribution in [1.29, 1.82) is 0 Å². The SMILES string of the molecule is CCCc1nc(NC)c(C)c(Sc2ccc(C)cc2)n1. The Morgan fingerprint density at radius 2 is 1.80 bits per heavy atom. The number of aromatic nitrogens is 2. The Bertz CT molecular complexity index is 579. The van der Waals surface area contributed by atoms with Crippen molar-refractivity contribution in [2.45, 2.75) is 43.5 Å². The summed E-state index contributed by atoms with van der Waals surface area (Å²) in [5.41, 5.74) is 2.38. The summed E-state index contributed by atoms with van der Waals surface area (Å²) in [6, 6.07) is 8.54. The van der Waals surface area contributed by atoms with E-state index in [4.69, 9.17) is 4.98 Å². The highest BCUT2D eigenvalue weighted by Gasteiger charge is 2.11. The molecule has 0 bridgehead atoms. The van der Waals surface area contributed by atoms with Gasteiger partial charge in [0, 0.05) is 23.9 Å². The van der Waals surface area contributed by atoms with Crippen LogP contribution in [0.15, 0.2) is 34.2 Å². The van der Waals surface area contributed by atoms with E-state index < -0.39 is 0 Å². The van der Waals surface area contributed by atoms with Crippen LogP contribution in [0.5, 0.6) is 0 Å². The van der Waals surface area contributed by atoms with Crippen LogP contribution in [0.3, 0.4) is 0 Å². The third-order valence-corrected chi connectivity index (χ3v) is 4.19. The summed E-state index contributed by atoms with van der Waals surface area (Å²) < 4.78 is 0. The molecule has 0 atom stereocenters. The molecule has 0 spiro atoms. The first-order chi connectivity index (χ1) is 9.63. The van der Waals surface area contributed by atoms with Gasteiger partial charge in [0.15, 0.2) is 0 Å². The van der Waals surface area contributed by atoms with Crippen molar-refractivity contribution in [3.63, 3.8) is 0 Å². The minimum Gasteiger partial charge on any atom is -0.373 e. The van der Waals surface area contributed by atoms with Crippen LogP contribution < -0.4 is 5.32 Å². The van der Waals surface area contributed by atoms with E-state index in [-0.39, 0.29) is 0 Å². The number of nitrogens with zero attached hydrogens (tertiary/aromatic N) is 2. The Morgan fingerprint density at radius 1 is 1.10 bits per heavy atom. The van der Waals surface area contributed by atoms with Gasteiger partial charge in [-0.05, 0) is 32.4 Å². The molecule has 0 unspecified atom stereocenters. The van der Waals surface area contributed by atoms with Crippen LogP contribution in [-0.2, 0) is 6.42 Å². The highest BCUT2D eigenvalue weighted by molar-refractivity contribution is 7.99. The lowest BCUT2D eigenvalue weighted by Crippen LogP contribution is -2.04. The van der Waals surface area contributed by atoms with Crippen LogP contribution in [0.2, 0.25) is 0 Å². The largest absolute Gasteiger partial charge is 0.373 e. The van der Waals surface area contributed by atoms with E-state index >= 15 is 0 Å². The van der Waals surface area contributed by atoms with E-state index in [0.717, 1.165) is 35.1 Å². The third-order valence-electron chi connectivity index (χ3n) is 3.09. The van der Waals surface area contributed by atoms with Crippen molar-refractivity contribution in [2.24, 2.45) is 0 Å². The van der Waals surface area contributed by atoms with E-state index in [9.17, 15) is 0 Å². The molecule has 0 saturated carbocycles. The van der Waals surface area contributed by atoms with Gasteiger partial charge in [0.2, 0.25) is 0 Å². The fourth-order valence-electron chi connectivity index (χ4n) is 1.94. The standard InChI is InChI=1S/C16H21N3S/c1-5-6-14-18-15(17-4)12(3)16(19-14)20-13-9-7-11(2)8-10-13/h7-10H,5-6H2,1-4H3,(H,17,18,19). The molecule has 0 saturated heterocycles. The quantitative estimate of drug-likeness (QED) is 0.835. The fraction of sp³-hybridized carbons (Fsp3) is 0.375. The number of benzene rings is 1. The lowest BCUT2D eigenvalue weighted by Gasteiger charge is -2.11. The second-order valence-corrected chi connectivity index (χ2v) is 5.90. The lowest BCUT2D eigenvalue weighted by atomic mass is 10.2. The molecule has 0 aliphatic heterocycles. The van der Waals surface area contributed by atoms with Gasteiger partial charge in [0.25, 0.3) is 0 Å². The molecule has 0 aliphatic rings. The van der Waals surface area contributed by atoms with E-state index in [2.05, 4.69) is 55.3 Å². The van der Waals surface area contributed by atoms with E-state index in [1.54, 1.807) is 11.8 Å². The first-order valence-corrected chi connectivity index (χ1v) is 7.75. The first kappa shape index (κ1) is 14.9. The molecule has 1 N–H and O–H groups in total. The van der Waals surface area contributed by atoms with Gasteiger partial charge >= 0.3 is 0 Å². The fourth-order valence-corrected chi connectivity index (χ4v) is 2.83. The monoisotopic (exact) mass is 287 g/mol. The Morgan fingerprint density at radius 3 is 2.40 bits per heavy atom. The number of hydrogen-bond donors (Lipinski definition) is 1. The number of hydrogen-bond acceptors (Lipinski definition) is 4. The third kappa shape index (κ3) is 3.51. The topological polar surface area (TPSA) is 37.8 Å². The van der Waals surface area contributed by atoms with E-state index in [1.165, 1.54) is 10.5 Å². The van der Waals surface area contributed by atoms with Crippen LogP contribution in [0.25, 0.3) is 0 Å². The van der Waals surface area contributed by atoms with Gasteiger partial charge in [-0.15, -0.1) is 0 Å². The minimum absolute atomic E-state index is 0.913. The summed E-state index contributed by atoms with van der Waals surface area (Å²) in [6.07, 6.45) is 1.97. The van der Waals surface area contributed by atoms with Crippen molar-refractivity contribution in [3.8, 4) is 0 Å². The van der Waals surface area contributed by atoms with Gasteiger partial charge in [-0.25, -0.2) is 9.97 Å². The smallest absolute Gasteiger partial charge is 0.133 e. The molecule has 2 rings (SSSR count). The van der Waals surface area contributed by atoms with Crippen LogP contribution in [0.1, 0.15) is 30.3 Å². The maximum Gasteiger partial charge on any atom is 0.133 e. The molecular weight excluding hydrogens is 266 g/mol. The Hall–Kier alpha value is -1.55. The first-order valence-electron chi connectivity index (χ1n) is 6.93. The van der Waals surface area contributed by atoms with E-state index in [0.29, 0.717) is 0 Å². The number of nitrogens with one attached hydrogen (secondary N) is 1. The van der Waals surface area contributed by atoms with Crippen molar-refractivity contribution in [3.05, 3.63) is 41.2 Å². The molecule has 0 fully saturated rings. The maximum atomic E-state index is 4.70. The van der Waals surface area contributed by atoms with Crippen molar-refractivity contribution < 1.29 is 0 Å². The highest BCUT2D eigenvalue weighted by Crippen LogP contribution is 2.31. The van der Waals surface area contributed by atoms with Crippen molar-refractivity contribution in [2.75, 3.05) is 12.4 Å². The van der Waals surface area contributed by atoms with Crippen LogP contribution in [0, 0.1) is 13.8 Å². The van der Waals surface area contributed by atoms with Crippen LogP contribution >= 0.6 is 11.8 Å². The van der Waals surface area contributed by atoms with Crippen molar-refractivity contribution >= 4 is 17.6 Å². The number of anilines is 1. The van der Waals surface area contributed by atoms with Gasteiger partial charge in [-0.2, -0.15) is 0 Å². The van der Waals surface area contributed by atoms with Gasteiger partial charge in [0.1, 0.15) is 16.7 Å². The molecule has 2 aromatic rings. The molecule has 1 heterocycles. The molecular formula is C16H21N3S. The molecule has 20 heavy (non-hydrogen) atoms. The summed E-state index contributed by atoms with van der Waals surface area (Å²) in [4.78, 5) is 10.5. The Labute approximate surface area is 125 Å². The Kier molecular flexibility index (Phi) is 5.01. The molecule has 0 radical (unpaired) electrons. The number of aryl methyl sites for hydroxylation is 2.